The fourth-order valence-corrected chi connectivity index (χ4v) is 1.77. The molecule has 19 heavy (non-hydrogen) atoms. The van der Waals surface area contributed by atoms with Crippen LogP contribution in [0.4, 0.5) is 8.78 Å². The van der Waals surface area contributed by atoms with Crippen molar-refractivity contribution in [2.75, 3.05) is 13.1 Å². The molecule has 0 fully saturated rings. The maximum absolute atomic E-state index is 13.3. The number of carbonyl (C=O) groups is 1. The Morgan fingerprint density at radius 2 is 1.74 bits per heavy atom. The van der Waals surface area contributed by atoms with Gasteiger partial charge >= 0.3 is 0 Å². The Kier molecular flexibility index (Phi) is 7.03. The van der Waals surface area contributed by atoms with Crippen molar-refractivity contribution in [2.45, 2.75) is 32.1 Å². The Labute approximate surface area is 112 Å². The normalized spacial score (nSPS) is 10.5. The second-order valence-electron chi connectivity index (χ2n) is 4.43. The number of rotatable bonds is 8. The number of hydrogen-bond donors (Lipinski definition) is 2. The van der Waals surface area contributed by atoms with Crippen LogP contribution in [0.2, 0.25) is 0 Å². The van der Waals surface area contributed by atoms with Gasteiger partial charge in [-0.2, -0.15) is 0 Å². The molecule has 0 unspecified atom stereocenters. The van der Waals surface area contributed by atoms with Crippen LogP contribution >= 0.6 is 0 Å². The quantitative estimate of drug-likeness (QED) is 0.711. The minimum Gasteiger partial charge on any atom is -0.356 e. The molecule has 3 nitrogen and oxygen atoms in total. The maximum atomic E-state index is 13.3. The number of carbonyl (C=O) groups excluding carboxylic acids is 1. The first-order chi connectivity index (χ1) is 9.15. The second-order valence-corrected chi connectivity index (χ2v) is 4.43. The summed E-state index contributed by atoms with van der Waals surface area (Å²) < 4.78 is 26.6. The largest absolute Gasteiger partial charge is 0.356 e. The Bertz CT molecular complexity index is 390. The Morgan fingerprint density at radius 1 is 1.11 bits per heavy atom. The molecule has 106 valence electrons. The first-order valence-electron chi connectivity index (χ1n) is 6.55. The van der Waals surface area contributed by atoms with E-state index in [9.17, 15) is 13.6 Å². The Morgan fingerprint density at radius 3 is 2.37 bits per heavy atom. The molecule has 0 spiro atoms. The van der Waals surface area contributed by atoms with Crippen LogP contribution in [0.15, 0.2) is 18.2 Å². The van der Waals surface area contributed by atoms with Gasteiger partial charge in [-0.05, 0) is 31.5 Å². The van der Waals surface area contributed by atoms with Gasteiger partial charge in [-0.3, -0.25) is 4.79 Å². The third kappa shape index (κ3) is 5.79. The summed E-state index contributed by atoms with van der Waals surface area (Å²) in [6, 6.07) is 3.58. The molecule has 0 saturated heterocycles. The Hall–Kier alpha value is -1.49. The molecule has 0 aliphatic heterocycles. The lowest BCUT2D eigenvalue weighted by Crippen LogP contribution is -2.26. The Balaban J connectivity index is 2.28. The van der Waals surface area contributed by atoms with Gasteiger partial charge in [0.1, 0.15) is 11.6 Å². The van der Waals surface area contributed by atoms with Crippen LogP contribution in [0.1, 0.15) is 31.2 Å². The molecule has 0 atom stereocenters. The third-order valence-corrected chi connectivity index (χ3v) is 2.85. The number of amides is 1. The van der Waals surface area contributed by atoms with E-state index in [1.807, 2.05) is 0 Å². The highest BCUT2D eigenvalue weighted by atomic mass is 19.1. The lowest BCUT2D eigenvalue weighted by molar-refractivity contribution is -0.120. The van der Waals surface area contributed by atoms with Crippen LogP contribution in [0, 0.1) is 11.6 Å². The average molecular weight is 270 g/mol. The minimum absolute atomic E-state index is 0.178. The number of nitrogens with two attached hydrogens (primary N) is 1. The summed E-state index contributed by atoms with van der Waals surface area (Å²) in [5, 5.41) is 2.66. The average Bonchev–Trinajstić information content (AvgIpc) is 2.38. The van der Waals surface area contributed by atoms with Gasteiger partial charge in [-0.1, -0.05) is 18.9 Å². The monoisotopic (exact) mass is 270 g/mol. The summed E-state index contributed by atoms with van der Waals surface area (Å²) >= 11 is 0. The minimum atomic E-state index is -0.682. The molecule has 1 amide bonds. The fourth-order valence-electron chi connectivity index (χ4n) is 1.77. The highest BCUT2D eigenvalue weighted by Crippen LogP contribution is 2.12. The first kappa shape index (κ1) is 15.6. The van der Waals surface area contributed by atoms with Crippen molar-refractivity contribution in [3.8, 4) is 0 Å². The number of benzene rings is 1. The van der Waals surface area contributed by atoms with Crippen LogP contribution in [-0.4, -0.2) is 19.0 Å². The van der Waals surface area contributed by atoms with Crippen molar-refractivity contribution in [3.63, 3.8) is 0 Å². The van der Waals surface area contributed by atoms with Crippen LogP contribution in [0.25, 0.3) is 0 Å². The molecule has 0 heterocycles. The topological polar surface area (TPSA) is 55.1 Å². The smallest absolute Gasteiger partial charge is 0.224 e. The molecule has 0 bridgehead atoms. The molecule has 3 N–H and O–H groups in total. The number of hydrogen-bond acceptors (Lipinski definition) is 2. The summed E-state index contributed by atoms with van der Waals surface area (Å²) in [4.78, 5) is 11.5. The zero-order valence-electron chi connectivity index (χ0n) is 10.9. The van der Waals surface area contributed by atoms with Crippen molar-refractivity contribution in [1.82, 2.24) is 5.32 Å². The predicted octanol–water partition coefficient (Wildman–Crippen LogP) is 2.14. The van der Waals surface area contributed by atoms with E-state index in [2.05, 4.69) is 5.32 Å². The van der Waals surface area contributed by atoms with E-state index in [4.69, 9.17) is 5.73 Å². The van der Waals surface area contributed by atoms with Gasteiger partial charge in [0.2, 0.25) is 5.91 Å². The van der Waals surface area contributed by atoms with Gasteiger partial charge in [0.05, 0.1) is 6.42 Å². The van der Waals surface area contributed by atoms with Crippen LogP contribution in [-0.2, 0) is 11.2 Å². The molecule has 0 aliphatic carbocycles. The van der Waals surface area contributed by atoms with E-state index in [0.29, 0.717) is 13.1 Å². The second kappa shape index (κ2) is 8.58. The third-order valence-electron chi connectivity index (χ3n) is 2.85. The first-order valence-corrected chi connectivity index (χ1v) is 6.55. The van der Waals surface area contributed by atoms with Crippen molar-refractivity contribution in [1.29, 1.82) is 0 Å². The summed E-state index contributed by atoms with van der Waals surface area (Å²) in [6.45, 7) is 1.21. The zero-order chi connectivity index (χ0) is 14.1. The summed E-state index contributed by atoms with van der Waals surface area (Å²) in [5.74, 6) is -1.72. The summed E-state index contributed by atoms with van der Waals surface area (Å²) in [6.07, 6.45) is 3.60. The molecule has 1 rings (SSSR count). The van der Waals surface area contributed by atoms with Gasteiger partial charge in [0.25, 0.3) is 0 Å². The molecule has 1 aromatic rings. The van der Waals surface area contributed by atoms with Crippen molar-refractivity contribution >= 4 is 5.91 Å². The van der Waals surface area contributed by atoms with E-state index < -0.39 is 11.6 Å². The van der Waals surface area contributed by atoms with Gasteiger partial charge in [-0.25, -0.2) is 8.78 Å². The van der Waals surface area contributed by atoms with Gasteiger partial charge in [0, 0.05) is 12.1 Å². The molecular formula is C14H20F2N2O. The molecule has 0 aromatic heterocycles. The van der Waals surface area contributed by atoms with E-state index in [1.165, 1.54) is 6.07 Å². The van der Waals surface area contributed by atoms with Gasteiger partial charge in [0.15, 0.2) is 0 Å². The van der Waals surface area contributed by atoms with Crippen LogP contribution in [0.3, 0.4) is 0 Å². The lowest BCUT2D eigenvalue weighted by Gasteiger charge is -2.06. The van der Waals surface area contributed by atoms with Crippen molar-refractivity contribution in [2.24, 2.45) is 5.73 Å². The molecule has 0 aliphatic rings. The summed E-state index contributed by atoms with van der Waals surface area (Å²) in [7, 11) is 0. The fraction of sp³-hybridized carbons (Fsp3) is 0.500. The van der Waals surface area contributed by atoms with E-state index in [1.54, 1.807) is 0 Å². The number of halogens is 2. The van der Waals surface area contributed by atoms with Crippen LogP contribution in [0.5, 0.6) is 0 Å². The van der Waals surface area contributed by atoms with E-state index in [0.717, 1.165) is 37.8 Å². The lowest BCUT2D eigenvalue weighted by atomic mass is 10.1. The predicted molar refractivity (Wildman–Crippen MR) is 70.6 cm³/mol. The van der Waals surface area contributed by atoms with Gasteiger partial charge < -0.3 is 11.1 Å². The van der Waals surface area contributed by atoms with Crippen molar-refractivity contribution < 1.29 is 13.6 Å². The standard InChI is InChI=1S/C14H20F2N2O/c15-12-6-5-7-13(16)11(12)10-14(19)18-9-4-2-1-3-8-17/h5-7H,1-4,8-10,17H2,(H,18,19). The molecule has 0 saturated carbocycles. The summed E-state index contributed by atoms with van der Waals surface area (Å²) in [5.41, 5.74) is 5.19. The van der Waals surface area contributed by atoms with E-state index in [-0.39, 0.29) is 17.9 Å². The number of nitrogens with one attached hydrogen (secondary N) is 1. The zero-order valence-corrected chi connectivity index (χ0v) is 10.9. The molecule has 1 aromatic carbocycles. The number of unbranched alkanes of at least 4 members (excludes halogenated alkanes) is 3. The SMILES string of the molecule is NCCCCCCNC(=O)Cc1c(F)cccc1F. The van der Waals surface area contributed by atoms with Crippen molar-refractivity contribution in [3.05, 3.63) is 35.4 Å². The van der Waals surface area contributed by atoms with Gasteiger partial charge in [-0.15, -0.1) is 0 Å². The maximum Gasteiger partial charge on any atom is 0.224 e. The highest BCUT2D eigenvalue weighted by Gasteiger charge is 2.12. The molecule has 5 heteroatoms. The highest BCUT2D eigenvalue weighted by molar-refractivity contribution is 5.78. The van der Waals surface area contributed by atoms with E-state index >= 15 is 0 Å². The molecule has 0 radical (unpaired) electrons. The van der Waals surface area contributed by atoms with Crippen LogP contribution < -0.4 is 11.1 Å². The molecular weight excluding hydrogens is 250 g/mol.